The average molecular weight is 1050 g/mol. The number of carbonyl (C=O) groups is 2. The van der Waals surface area contributed by atoms with Crippen molar-refractivity contribution in [1.29, 1.82) is 0 Å². The lowest BCUT2D eigenvalue weighted by Crippen LogP contribution is -2.71. The second-order valence-corrected chi connectivity index (χ2v) is 20.8. The van der Waals surface area contributed by atoms with Crippen molar-refractivity contribution in [2.75, 3.05) is 88.2 Å². The lowest BCUT2D eigenvalue weighted by atomic mass is 9.73. The number of nitrogens with one attached hydrogen (secondary N) is 5. The Labute approximate surface area is 435 Å². The standard InChI is InChI=1S/C24H27ClN8O2.C19H19ClN6O3S.C6H12N2/c1-32-12-24(13-32)14-33(15-24)23-30-9-18(22(35)29-10-20-26-5-2-6-27-20)21(31-23)28-8-16-3-4-17(11-34)19(25)7-16;1-30(29)19-25-9-14(18(28)24-10-16-21-5-2-6-22-16)17(26-19)23-8-12-3-4-13(11-27)15(20)7-12;1-8-4-6(5-8)2-7-3-6/h2-7,9,34H,8,10-15H2,1H3,(H,29,35)(H,28,30,31);2-7,9,27H,8,10-11H2,1H3,(H,24,28)(H,23,25,26);7H,2-5H2,1H3. The average Bonchev–Trinajstić information content (AvgIpc) is 3.36. The molecule has 4 aromatic heterocycles. The molecule has 384 valence electrons. The summed E-state index contributed by atoms with van der Waals surface area (Å²) in [5.74, 6) is 1.52. The maximum atomic E-state index is 13.0. The first-order valence-electron chi connectivity index (χ1n) is 23.5. The Kier molecular flexibility index (Phi) is 17.5. The molecule has 7 N–H and O–H groups in total. The van der Waals surface area contributed by atoms with Crippen LogP contribution in [-0.4, -0.2) is 149 Å². The number of rotatable bonds is 16. The largest absolute Gasteiger partial charge is 0.392 e. The van der Waals surface area contributed by atoms with Crippen molar-refractivity contribution in [1.82, 2.24) is 65.6 Å². The van der Waals surface area contributed by atoms with Crippen LogP contribution in [0.5, 0.6) is 0 Å². The van der Waals surface area contributed by atoms with Gasteiger partial charge in [-0.1, -0.05) is 47.5 Å². The van der Waals surface area contributed by atoms with Gasteiger partial charge >= 0.3 is 0 Å². The first-order chi connectivity index (χ1) is 35.2. The fourth-order valence-electron chi connectivity index (χ4n) is 9.02. The van der Waals surface area contributed by atoms with E-state index in [9.17, 15) is 24.0 Å². The van der Waals surface area contributed by atoms with E-state index in [1.807, 2.05) is 6.07 Å². The fourth-order valence-corrected chi connectivity index (χ4v) is 9.96. The molecule has 0 aliphatic carbocycles. The van der Waals surface area contributed by atoms with Crippen molar-refractivity contribution in [3.63, 3.8) is 0 Å². The minimum atomic E-state index is -1.41. The number of likely N-dealkylation sites (tertiary alicyclic amines) is 2. The molecule has 21 nitrogen and oxygen atoms in total. The Morgan fingerprint density at radius 3 is 1.53 bits per heavy atom. The topological polar surface area (TPSA) is 265 Å². The number of anilines is 3. The fraction of sp³-hybridized carbons (Fsp3) is 0.388. The molecule has 1 unspecified atom stereocenters. The molecule has 10 rings (SSSR count). The molecule has 0 radical (unpaired) electrons. The zero-order chi connectivity index (χ0) is 51.5. The van der Waals surface area contributed by atoms with Crippen LogP contribution in [-0.2, 0) is 50.2 Å². The molecule has 8 heterocycles. The molecule has 0 bridgehead atoms. The van der Waals surface area contributed by atoms with Gasteiger partial charge in [-0.3, -0.25) is 13.8 Å². The summed E-state index contributed by atoms with van der Waals surface area (Å²) in [6, 6.07) is 14.1. The molecule has 1 atom stereocenters. The third kappa shape index (κ3) is 13.6. The number of aromatic nitrogens is 8. The second-order valence-electron chi connectivity index (χ2n) is 18.7. The number of nitrogens with zero attached hydrogens (tertiary/aromatic N) is 11. The molecule has 2 spiro atoms. The van der Waals surface area contributed by atoms with Crippen molar-refractivity contribution >= 4 is 63.4 Å². The van der Waals surface area contributed by atoms with E-state index in [0.717, 1.165) is 42.7 Å². The van der Waals surface area contributed by atoms with E-state index in [2.05, 4.69) is 90.3 Å². The van der Waals surface area contributed by atoms with E-state index in [0.29, 0.717) is 68.7 Å². The first-order valence-corrected chi connectivity index (χ1v) is 25.8. The highest BCUT2D eigenvalue weighted by molar-refractivity contribution is 7.84. The van der Waals surface area contributed by atoms with Gasteiger partial charge in [0.1, 0.15) is 34.4 Å². The molecule has 4 fully saturated rings. The van der Waals surface area contributed by atoms with Gasteiger partial charge in [0.25, 0.3) is 11.8 Å². The summed E-state index contributed by atoms with van der Waals surface area (Å²) in [7, 11) is 2.90. The summed E-state index contributed by atoms with van der Waals surface area (Å²) in [6.07, 6.45) is 10.8. The number of aliphatic hydroxyl groups is 2. The Morgan fingerprint density at radius 2 is 1.12 bits per heavy atom. The monoisotopic (exact) mass is 1050 g/mol. The summed E-state index contributed by atoms with van der Waals surface area (Å²) in [6.45, 7) is 9.91. The summed E-state index contributed by atoms with van der Waals surface area (Å²) in [5, 5.41) is 34.8. The van der Waals surface area contributed by atoms with Crippen molar-refractivity contribution in [3.05, 3.63) is 141 Å². The molecule has 24 heteroatoms. The highest BCUT2D eigenvalue weighted by atomic mass is 35.5. The summed E-state index contributed by atoms with van der Waals surface area (Å²) in [5.41, 5.74) is 4.60. The highest BCUT2D eigenvalue weighted by Crippen LogP contribution is 2.40. The predicted octanol–water partition coefficient (Wildman–Crippen LogP) is 2.92. The summed E-state index contributed by atoms with van der Waals surface area (Å²) in [4.78, 5) is 66.3. The van der Waals surface area contributed by atoms with Crippen LogP contribution in [0.1, 0.15) is 54.6 Å². The normalized spacial score (nSPS) is 16.5. The molecule has 4 aliphatic rings. The SMILES string of the molecule is CN1CC2(C1)CN(c1ncc(C(=O)NCc3ncccn3)c(NCc3ccc(CO)c(Cl)c3)n1)C2.CN1CC2(CNC2)C1.CS(=O)c1ncc(C(=O)NCc2ncccn2)c(NCc2ccc(CO)c(Cl)c2)n1. The van der Waals surface area contributed by atoms with Crippen LogP contribution in [0.3, 0.4) is 0 Å². The first kappa shape index (κ1) is 52.9. The van der Waals surface area contributed by atoms with E-state index in [4.69, 9.17) is 28.2 Å². The zero-order valence-electron chi connectivity index (χ0n) is 40.7. The molecule has 2 aromatic carbocycles. The van der Waals surface area contributed by atoms with E-state index in [1.54, 1.807) is 73.4 Å². The minimum Gasteiger partial charge on any atom is -0.392 e. The molecule has 73 heavy (non-hydrogen) atoms. The van der Waals surface area contributed by atoms with E-state index < -0.39 is 16.7 Å². The lowest BCUT2D eigenvalue weighted by molar-refractivity contribution is -0.0218. The van der Waals surface area contributed by atoms with Gasteiger partial charge in [0.15, 0.2) is 0 Å². The van der Waals surface area contributed by atoms with Gasteiger partial charge in [-0.05, 0) is 60.6 Å². The van der Waals surface area contributed by atoms with Gasteiger partial charge < -0.3 is 51.5 Å². The lowest BCUT2D eigenvalue weighted by Gasteiger charge is -2.59. The Hall–Kier alpha value is -6.37. The quantitative estimate of drug-likeness (QED) is 0.0687. The van der Waals surface area contributed by atoms with Crippen LogP contribution in [0.4, 0.5) is 17.6 Å². The van der Waals surface area contributed by atoms with Gasteiger partial charge in [0.05, 0.1) is 37.1 Å². The number of hydrogen-bond acceptors (Lipinski definition) is 19. The van der Waals surface area contributed by atoms with Crippen LogP contribution in [0.25, 0.3) is 0 Å². The van der Waals surface area contributed by atoms with E-state index in [1.165, 1.54) is 38.6 Å². The smallest absolute Gasteiger partial charge is 0.256 e. The number of hydrogen-bond donors (Lipinski definition) is 7. The van der Waals surface area contributed by atoms with E-state index in [-0.39, 0.29) is 48.7 Å². The van der Waals surface area contributed by atoms with Gasteiger partial charge in [0, 0.05) is 130 Å². The van der Waals surface area contributed by atoms with Crippen LogP contribution < -0.4 is 31.5 Å². The maximum absolute atomic E-state index is 13.0. The maximum Gasteiger partial charge on any atom is 0.256 e. The van der Waals surface area contributed by atoms with Gasteiger partial charge in [-0.2, -0.15) is 4.98 Å². The summed E-state index contributed by atoms with van der Waals surface area (Å²) >= 11 is 12.4. The van der Waals surface area contributed by atoms with Gasteiger partial charge in [0.2, 0.25) is 11.1 Å². The Bertz CT molecular complexity index is 2890. The van der Waals surface area contributed by atoms with Gasteiger partial charge in [-0.15, -0.1) is 0 Å². The number of benzene rings is 2. The second kappa shape index (κ2) is 24.1. The van der Waals surface area contributed by atoms with Crippen LogP contribution >= 0.6 is 23.2 Å². The molecular weight excluding hydrogens is 996 g/mol. The number of amides is 2. The molecule has 6 aromatic rings. The van der Waals surface area contributed by atoms with Crippen LogP contribution in [0.15, 0.2) is 90.9 Å². The molecule has 4 saturated heterocycles. The van der Waals surface area contributed by atoms with Crippen LogP contribution in [0, 0.1) is 10.8 Å². The zero-order valence-corrected chi connectivity index (χ0v) is 43.0. The van der Waals surface area contributed by atoms with Crippen molar-refractivity contribution in [2.24, 2.45) is 10.8 Å². The number of halogens is 2. The van der Waals surface area contributed by atoms with Crippen LogP contribution in [0.2, 0.25) is 10.0 Å². The van der Waals surface area contributed by atoms with Gasteiger partial charge in [-0.25, -0.2) is 34.9 Å². The van der Waals surface area contributed by atoms with Crippen molar-refractivity contribution < 1.29 is 24.0 Å². The summed E-state index contributed by atoms with van der Waals surface area (Å²) < 4.78 is 11.8. The van der Waals surface area contributed by atoms with E-state index >= 15 is 0 Å². The third-order valence-corrected chi connectivity index (χ3v) is 14.0. The molecule has 2 amide bonds. The van der Waals surface area contributed by atoms with Crippen molar-refractivity contribution in [2.45, 2.75) is 44.5 Å². The third-order valence-electron chi connectivity index (χ3n) is 12.6. The number of aliphatic hydroxyl groups excluding tert-OH is 2. The number of carbonyl (C=O) groups excluding carboxylic acids is 2. The highest BCUT2D eigenvalue weighted by Gasteiger charge is 2.51. The predicted molar refractivity (Wildman–Crippen MR) is 277 cm³/mol. The molecule has 0 saturated carbocycles. The molecular formula is C49H58Cl2N16O5S. The molecule has 4 aliphatic heterocycles. The minimum absolute atomic E-state index is 0.106. The Balaban J connectivity index is 0.000000170. The Morgan fingerprint density at radius 1 is 0.658 bits per heavy atom. The van der Waals surface area contributed by atoms with Crippen molar-refractivity contribution in [3.8, 4) is 0 Å².